The molecule has 1 fully saturated rings. The molecule has 6 heteroatoms. The molecule has 20 heavy (non-hydrogen) atoms. The van der Waals surface area contributed by atoms with Crippen LogP contribution in [0.2, 0.25) is 0 Å². The minimum atomic E-state index is -0.972. The number of Topliss-reactive ketones (excluding diaryl/α,β-unsaturated/α-hetero) is 1. The van der Waals surface area contributed by atoms with Crippen LogP contribution in [0.25, 0.3) is 10.9 Å². The van der Waals surface area contributed by atoms with E-state index in [1.165, 1.54) is 0 Å². The zero-order valence-corrected chi connectivity index (χ0v) is 10.9. The summed E-state index contributed by atoms with van der Waals surface area (Å²) in [5, 5.41) is 9.75. The predicted octanol–water partition coefficient (Wildman–Crippen LogP) is 0.409. The number of rotatable bonds is 3. The number of carbonyl (C=O) groups excluding carboxylic acids is 1. The maximum Gasteiger partial charge on any atom is 0.320 e. The molecule has 2 atom stereocenters. The normalized spacial score (nSPS) is 18.3. The molecule has 1 aromatic carbocycles. The highest BCUT2D eigenvalue weighted by atomic mass is 16.4. The van der Waals surface area contributed by atoms with Crippen LogP contribution in [0.4, 0.5) is 0 Å². The van der Waals surface area contributed by atoms with Crippen LogP contribution in [0, 0.1) is 0 Å². The second-order valence-corrected chi connectivity index (χ2v) is 4.79. The average molecular weight is 275 g/mol. The Hall–Kier alpha value is -2.18. The highest BCUT2D eigenvalue weighted by molar-refractivity contribution is 5.99. The quantitative estimate of drug-likeness (QED) is 0.646. The molecule has 1 heterocycles. The van der Waals surface area contributed by atoms with Gasteiger partial charge in [0.25, 0.3) is 0 Å². The van der Waals surface area contributed by atoms with Gasteiger partial charge in [0.05, 0.1) is 6.04 Å². The summed E-state index contributed by atoms with van der Waals surface area (Å²) >= 11 is 0. The van der Waals surface area contributed by atoms with Gasteiger partial charge in [0.1, 0.15) is 6.04 Å². The van der Waals surface area contributed by atoms with Crippen molar-refractivity contribution in [1.82, 2.24) is 4.98 Å². The summed E-state index contributed by atoms with van der Waals surface area (Å²) < 4.78 is 0. The number of benzene rings is 1. The molecule has 1 aromatic heterocycles. The summed E-state index contributed by atoms with van der Waals surface area (Å²) in [6.45, 7) is 0. The third kappa shape index (κ3) is 3.43. The first-order chi connectivity index (χ1) is 9.49. The van der Waals surface area contributed by atoms with E-state index in [-0.39, 0.29) is 11.8 Å². The molecule has 1 unspecified atom stereocenters. The smallest absolute Gasteiger partial charge is 0.320 e. The molecule has 0 spiro atoms. The Bertz CT molecular complexity index is 635. The average Bonchev–Trinajstić information content (AvgIpc) is 2.91. The minimum Gasteiger partial charge on any atom is -0.480 e. The third-order valence-electron chi connectivity index (χ3n) is 3.11. The lowest BCUT2D eigenvalue weighted by Crippen LogP contribution is -2.32. The molecular formula is C14H17N3O3. The van der Waals surface area contributed by atoms with E-state index in [0.29, 0.717) is 12.8 Å². The molecule has 1 saturated carbocycles. The van der Waals surface area contributed by atoms with Gasteiger partial charge in [-0.05, 0) is 11.6 Å². The summed E-state index contributed by atoms with van der Waals surface area (Å²) in [6, 6.07) is 6.83. The van der Waals surface area contributed by atoms with Crippen molar-refractivity contribution in [2.45, 2.75) is 24.9 Å². The van der Waals surface area contributed by atoms with Gasteiger partial charge in [-0.25, -0.2) is 0 Å². The van der Waals surface area contributed by atoms with Crippen LogP contribution in [0.15, 0.2) is 30.5 Å². The highest BCUT2D eigenvalue weighted by Crippen LogP contribution is 2.18. The second-order valence-electron chi connectivity index (χ2n) is 4.79. The molecule has 106 valence electrons. The monoisotopic (exact) mass is 275 g/mol. The van der Waals surface area contributed by atoms with Crippen LogP contribution in [0.5, 0.6) is 0 Å². The third-order valence-corrected chi connectivity index (χ3v) is 3.11. The van der Waals surface area contributed by atoms with E-state index >= 15 is 0 Å². The summed E-state index contributed by atoms with van der Waals surface area (Å²) in [6.07, 6.45) is 2.77. The van der Waals surface area contributed by atoms with Crippen molar-refractivity contribution in [3.8, 4) is 0 Å². The number of carboxylic acids is 1. The first-order valence-electron chi connectivity index (χ1n) is 6.30. The number of nitrogens with one attached hydrogen (secondary N) is 1. The standard InChI is InChI=1S/C11H12N2O2.C3H5NO/c12-9(11(14)15)5-7-6-13-10-4-2-1-3-8(7)10;4-2-1-3(2)5/h1-4,6,9,13H,5,12H2,(H,14,15);2H,1,4H2/t9-;/m0./s1. The second kappa shape index (κ2) is 5.85. The first kappa shape index (κ1) is 14.2. The van der Waals surface area contributed by atoms with Gasteiger partial charge in [-0.2, -0.15) is 0 Å². The molecule has 0 radical (unpaired) electrons. The van der Waals surface area contributed by atoms with Gasteiger partial charge < -0.3 is 21.6 Å². The van der Waals surface area contributed by atoms with E-state index in [4.69, 9.17) is 16.6 Å². The predicted molar refractivity (Wildman–Crippen MR) is 75.2 cm³/mol. The van der Waals surface area contributed by atoms with Crippen LogP contribution in [-0.2, 0) is 16.0 Å². The lowest BCUT2D eigenvalue weighted by Gasteiger charge is -2.04. The Morgan fingerprint density at radius 3 is 2.60 bits per heavy atom. The minimum absolute atomic E-state index is 0.0880. The van der Waals surface area contributed by atoms with Crippen LogP contribution >= 0.6 is 0 Å². The van der Waals surface area contributed by atoms with E-state index in [0.717, 1.165) is 16.5 Å². The molecule has 0 aliphatic heterocycles. The zero-order chi connectivity index (χ0) is 14.7. The van der Waals surface area contributed by atoms with Crippen LogP contribution in [-0.4, -0.2) is 33.9 Å². The van der Waals surface area contributed by atoms with Crippen molar-refractivity contribution in [2.24, 2.45) is 11.5 Å². The maximum absolute atomic E-state index is 10.6. The van der Waals surface area contributed by atoms with Crippen molar-refractivity contribution in [1.29, 1.82) is 0 Å². The molecule has 1 aliphatic carbocycles. The number of hydrogen-bond acceptors (Lipinski definition) is 4. The molecule has 3 rings (SSSR count). The fourth-order valence-corrected chi connectivity index (χ4v) is 1.78. The lowest BCUT2D eigenvalue weighted by atomic mass is 10.1. The van der Waals surface area contributed by atoms with Gasteiger partial charge in [0.2, 0.25) is 0 Å². The molecule has 6 N–H and O–H groups in total. The number of carbonyl (C=O) groups is 2. The maximum atomic E-state index is 10.6. The van der Waals surface area contributed by atoms with Crippen LogP contribution in [0.3, 0.4) is 0 Å². The summed E-state index contributed by atoms with van der Waals surface area (Å²) in [7, 11) is 0. The van der Waals surface area contributed by atoms with E-state index < -0.39 is 12.0 Å². The Kier molecular flexibility index (Phi) is 4.16. The SMILES string of the molecule is NC1CC1=O.N[C@@H](Cc1c[nH]c2ccccc12)C(=O)O. The van der Waals surface area contributed by atoms with E-state index in [9.17, 15) is 9.59 Å². The van der Waals surface area contributed by atoms with Gasteiger partial charge >= 0.3 is 5.97 Å². The van der Waals surface area contributed by atoms with E-state index in [1.54, 1.807) is 0 Å². The Morgan fingerprint density at radius 2 is 2.05 bits per heavy atom. The molecule has 0 saturated heterocycles. The summed E-state index contributed by atoms with van der Waals surface area (Å²) in [4.78, 5) is 23.5. The molecule has 2 aromatic rings. The van der Waals surface area contributed by atoms with Crippen molar-refractivity contribution in [3.05, 3.63) is 36.0 Å². The number of aromatic nitrogens is 1. The van der Waals surface area contributed by atoms with Crippen molar-refractivity contribution < 1.29 is 14.7 Å². The molecule has 1 aliphatic rings. The lowest BCUT2D eigenvalue weighted by molar-refractivity contribution is -0.138. The number of carboxylic acid groups (broad SMARTS) is 1. The highest BCUT2D eigenvalue weighted by Gasteiger charge is 2.29. The topological polar surface area (TPSA) is 122 Å². The van der Waals surface area contributed by atoms with Crippen LogP contribution < -0.4 is 11.5 Å². The van der Waals surface area contributed by atoms with Gasteiger partial charge in [-0.1, -0.05) is 18.2 Å². The molecular weight excluding hydrogens is 258 g/mol. The Morgan fingerprint density at radius 1 is 1.45 bits per heavy atom. The van der Waals surface area contributed by atoms with Gasteiger partial charge in [-0.3, -0.25) is 9.59 Å². The number of para-hydroxylation sites is 1. The Labute approximate surface area is 115 Å². The number of aliphatic carboxylic acids is 1. The van der Waals surface area contributed by atoms with Crippen molar-refractivity contribution in [2.75, 3.05) is 0 Å². The van der Waals surface area contributed by atoms with Gasteiger partial charge in [0.15, 0.2) is 5.78 Å². The number of fused-ring (bicyclic) bond motifs is 1. The van der Waals surface area contributed by atoms with Gasteiger partial charge in [-0.15, -0.1) is 0 Å². The number of H-pyrrole nitrogens is 1. The molecule has 6 nitrogen and oxygen atoms in total. The zero-order valence-electron chi connectivity index (χ0n) is 10.9. The van der Waals surface area contributed by atoms with Crippen molar-refractivity contribution in [3.63, 3.8) is 0 Å². The number of nitrogens with two attached hydrogens (primary N) is 2. The number of hydrogen-bond donors (Lipinski definition) is 4. The molecule has 0 amide bonds. The fourth-order valence-electron chi connectivity index (χ4n) is 1.78. The van der Waals surface area contributed by atoms with Crippen molar-refractivity contribution >= 4 is 22.7 Å². The fraction of sp³-hybridized carbons (Fsp3) is 0.286. The van der Waals surface area contributed by atoms with Crippen LogP contribution in [0.1, 0.15) is 12.0 Å². The molecule has 0 bridgehead atoms. The summed E-state index contributed by atoms with van der Waals surface area (Å²) in [5.74, 6) is -0.773. The van der Waals surface area contributed by atoms with Gasteiger partial charge in [0, 0.05) is 29.9 Å². The summed E-state index contributed by atoms with van der Waals surface area (Å²) in [5.41, 5.74) is 12.5. The number of aromatic amines is 1. The van der Waals surface area contributed by atoms with E-state index in [1.807, 2.05) is 30.5 Å². The largest absolute Gasteiger partial charge is 0.480 e. The first-order valence-corrected chi connectivity index (χ1v) is 6.30. The number of ketones is 1. The van der Waals surface area contributed by atoms with E-state index in [2.05, 4.69) is 4.98 Å². The Balaban J connectivity index is 0.000000247.